The van der Waals surface area contributed by atoms with Crippen LogP contribution >= 0.6 is 0 Å². The van der Waals surface area contributed by atoms with E-state index in [2.05, 4.69) is 22.9 Å². The van der Waals surface area contributed by atoms with Crippen LogP contribution in [-0.2, 0) is 16.1 Å². The Balaban J connectivity index is 1.99. The summed E-state index contributed by atoms with van der Waals surface area (Å²) in [5.41, 5.74) is 1.38. The number of carbonyl (C=O) groups excluding carboxylic acids is 3. The molecule has 0 atom stereocenters. The Hall–Kier alpha value is -3.35. The highest BCUT2D eigenvalue weighted by Crippen LogP contribution is 2.18. The molecular weight excluding hydrogens is 370 g/mol. The second-order valence-electron chi connectivity index (χ2n) is 6.46. The van der Waals surface area contributed by atoms with Crippen LogP contribution in [-0.4, -0.2) is 31.4 Å². The molecule has 2 aromatic carbocycles. The van der Waals surface area contributed by atoms with E-state index in [1.807, 2.05) is 24.3 Å². The summed E-state index contributed by atoms with van der Waals surface area (Å²) in [6.45, 7) is 2.77. The van der Waals surface area contributed by atoms with E-state index in [9.17, 15) is 14.4 Å². The van der Waals surface area contributed by atoms with E-state index >= 15 is 0 Å². The van der Waals surface area contributed by atoms with Crippen LogP contribution in [0.5, 0.6) is 5.75 Å². The van der Waals surface area contributed by atoms with Crippen molar-refractivity contribution in [2.45, 2.75) is 32.7 Å². The van der Waals surface area contributed by atoms with Gasteiger partial charge in [0, 0.05) is 18.7 Å². The third-order valence-corrected chi connectivity index (χ3v) is 4.32. The summed E-state index contributed by atoms with van der Waals surface area (Å²) in [5, 5.41) is 7.91. The fourth-order valence-electron chi connectivity index (χ4n) is 2.75. The summed E-state index contributed by atoms with van der Waals surface area (Å²) in [5.74, 6) is -1.21. The average Bonchev–Trinajstić information content (AvgIpc) is 2.75. The highest BCUT2D eigenvalue weighted by Gasteiger charge is 2.17. The summed E-state index contributed by atoms with van der Waals surface area (Å²) in [6.07, 6.45) is 2.83. The number of para-hydroxylation sites is 2. The lowest BCUT2D eigenvalue weighted by atomic mass is 10.1. The number of ether oxygens (including phenoxy) is 1. The van der Waals surface area contributed by atoms with Gasteiger partial charge >= 0.3 is 11.8 Å². The monoisotopic (exact) mass is 397 g/mol. The fourth-order valence-corrected chi connectivity index (χ4v) is 2.75. The van der Waals surface area contributed by atoms with Gasteiger partial charge in [0.25, 0.3) is 5.91 Å². The van der Waals surface area contributed by atoms with Gasteiger partial charge in [-0.05, 0) is 24.6 Å². The molecule has 3 N–H and O–H groups in total. The molecule has 0 aliphatic carbocycles. The second kappa shape index (κ2) is 11.5. The first-order chi connectivity index (χ1) is 14.1. The Kier molecular flexibility index (Phi) is 8.69. The SMILES string of the molecule is CCCCCNC(=O)C(=O)Nc1ccccc1C(=O)NCc1ccccc1OC. The number of methoxy groups -OCH3 is 1. The number of unbranched alkanes of at least 4 members (excludes halogenated alkanes) is 2. The largest absolute Gasteiger partial charge is 0.496 e. The van der Waals surface area contributed by atoms with Gasteiger partial charge in [0.1, 0.15) is 5.75 Å². The van der Waals surface area contributed by atoms with Gasteiger partial charge in [0.15, 0.2) is 0 Å². The minimum Gasteiger partial charge on any atom is -0.496 e. The number of hydrogen-bond acceptors (Lipinski definition) is 4. The lowest BCUT2D eigenvalue weighted by molar-refractivity contribution is -0.136. The lowest BCUT2D eigenvalue weighted by Gasteiger charge is -2.13. The molecule has 7 nitrogen and oxygen atoms in total. The van der Waals surface area contributed by atoms with Crippen LogP contribution in [0.4, 0.5) is 5.69 Å². The predicted octanol–water partition coefficient (Wildman–Crippen LogP) is 2.87. The van der Waals surface area contributed by atoms with Gasteiger partial charge in [-0.3, -0.25) is 14.4 Å². The maximum absolute atomic E-state index is 12.6. The zero-order valence-electron chi connectivity index (χ0n) is 16.8. The van der Waals surface area contributed by atoms with Crippen LogP contribution in [0, 0.1) is 0 Å². The zero-order chi connectivity index (χ0) is 21.1. The molecule has 0 aromatic heterocycles. The van der Waals surface area contributed by atoms with Gasteiger partial charge in [0.05, 0.1) is 18.4 Å². The van der Waals surface area contributed by atoms with E-state index in [4.69, 9.17) is 4.74 Å². The Bertz CT molecular complexity index is 851. The lowest BCUT2D eigenvalue weighted by Crippen LogP contribution is -2.36. The summed E-state index contributed by atoms with van der Waals surface area (Å²) in [6, 6.07) is 13.9. The maximum Gasteiger partial charge on any atom is 0.313 e. The van der Waals surface area contributed by atoms with Crippen molar-refractivity contribution in [1.82, 2.24) is 10.6 Å². The highest BCUT2D eigenvalue weighted by molar-refractivity contribution is 6.40. The Morgan fingerprint density at radius 1 is 0.897 bits per heavy atom. The normalized spacial score (nSPS) is 10.1. The predicted molar refractivity (Wildman–Crippen MR) is 112 cm³/mol. The molecule has 29 heavy (non-hydrogen) atoms. The molecule has 0 saturated carbocycles. The van der Waals surface area contributed by atoms with Crippen LogP contribution < -0.4 is 20.7 Å². The van der Waals surface area contributed by atoms with Crippen LogP contribution in [0.2, 0.25) is 0 Å². The maximum atomic E-state index is 12.6. The van der Waals surface area contributed by atoms with Crippen LogP contribution in [0.3, 0.4) is 0 Å². The first kappa shape index (κ1) is 21.9. The molecule has 2 aromatic rings. The van der Waals surface area contributed by atoms with E-state index < -0.39 is 11.8 Å². The van der Waals surface area contributed by atoms with Gasteiger partial charge in [-0.1, -0.05) is 50.1 Å². The second-order valence-corrected chi connectivity index (χ2v) is 6.46. The molecule has 2 rings (SSSR count). The highest BCUT2D eigenvalue weighted by atomic mass is 16.5. The van der Waals surface area contributed by atoms with Crippen molar-refractivity contribution < 1.29 is 19.1 Å². The number of carbonyl (C=O) groups is 3. The molecule has 0 radical (unpaired) electrons. The average molecular weight is 397 g/mol. The quantitative estimate of drug-likeness (QED) is 0.448. The molecule has 0 fully saturated rings. The van der Waals surface area contributed by atoms with Crippen LogP contribution in [0.25, 0.3) is 0 Å². The summed E-state index contributed by atoms with van der Waals surface area (Å²) in [4.78, 5) is 36.7. The van der Waals surface area contributed by atoms with Crippen molar-refractivity contribution in [2.24, 2.45) is 0 Å². The Morgan fingerprint density at radius 3 is 2.38 bits per heavy atom. The van der Waals surface area contributed by atoms with Gasteiger partial charge in [0.2, 0.25) is 0 Å². The molecule has 7 heteroatoms. The molecule has 0 saturated heterocycles. The molecule has 0 aliphatic rings. The van der Waals surface area contributed by atoms with E-state index in [-0.39, 0.29) is 23.7 Å². The van der Waals surface area contributed by atoms with E-state index in [0.29, 0.717) is 12.3 Å². The number of nitrogens with one attached hydrogen (secondary N) is 3. The van der Waals surface area contributed by atoms with Crippen molar-refractivity contribution in [1.29, 1.82) is 0 Å². The summed E-state index contributed by atoms with van der Waals surface area (Å²) >= 11 is 0. The number of benzene rings is 2. The molecule has 154 valence electrons. The van der Waals surface area contributed by atoms with Crippen molar-refractivity contribution in [3.05, 3.63) is 59.7 Å². The van der Waals surface area contributed by atoms with Gasteiger partial charge in [-0.15, -0.1) is 0 Å². The molecule has 0 heterocycles. The Labute approximate surface area is 170 Å². The molecule has 0 aliphatic heterocycles. The third kappa shape index (κ3) is 6.64. The standard InChI is InChI=1S/C22H27N3O4/c1-3-4-9-14-23-21(27)22(28)25-18-12-7-6-11-17(18)20(26)24-15-16-10-5-8-13-19(16)29-2/h5-8,10-13H,3-4,9,14-15H2,1-2H3,(H,23,27)(H,24,26)(H,25,28). The minimum atomic E-state index is -0.800. The van der Waals surface area contributed by atoms with Gasteiger partial charge < -0.3 is 20.7 Å². The van der Waals surface area contributed by atoms with Crippen LogP contribution in [0.15, 0.2) is 48.5 Å². The minimum absolute atomic E-state index is 0.267. The number of anilines is 1. The Morgan fingerprint density at radius 2 is 1.62 bits per heavy atom. The number of amides is 3. The van der Waals surface area contributed by atoms with E-state index in [1.165, 1.54) is 0 Å². The smallest absolute Gasteiger partial charge is 0.313 e. The summed E-state index contributed by atoms with van der Waals surface area (Å²) < 4.78 is 5.28. The van der Waals surface area contributed by atoms with E-state index in [0.717, 1.165) is 24.8 Å². The first-order valence-electron chi connectivity index (χ1n) is 9.65. The zero-order valence-corrected chi connectivity index (χ0v) is 16.8. The van der Waals surface area contributed by atoms with Crippen LogP contribution in [0.1, 0.15) is 42.1 Å². The van der Waals surface area contributed by atoms with Gasteiger partial charge in [-0.2, -0.15) is 0 Å². The van der Waals surface area contributed by atoms with Crippen molar-refractivity contribution in [2.75, 3.05) is 19.0 Å². The number of hydrogen-bond donors (Lipinski definition) is 3. The first-order valence-corrected chi connectivity index (χ1v) is 9.65. The van der Waals surface area contributed by atoms with Crippen molar-refractivity contribution >= 4 is 23.4 Å². The fraction of sp³-hybridized carbons (Fsp3) is 0.318. The van der Waals surface area contributed by atoms with E-state index in [1.54, 1.807) is 31.4 Å². The third-order valence-electron chi connectivity index (χ3n) is 4.32. The molecule has 0 bridgehead atoms. The molecule has 0 spiro atoms. The van der Waals surface area contributed by atoms with Crippen molar-refractivity contribution in [3.8, 4) is 5.75 Å². The molecular formula is C22H27N3O4. The number of rotatable bonds is 9. The molecule has 0 unspecified atom stereocenters. The molecule has 3 amide bonds. The van der Waals surface area contributed by atoms with Gasteiger partial charge in [-0.25, -0.2) is 0 Å². The topological polar surface area (TPSA) is 96.5 Å². The van der Waals surface area contributed by atoms with Crippen molar-refractivity contribution in [3.63, 3.8) is 0 Å². The summed E-state index contributed by atoms with van der Waals surface area (Å²) in [7, 11) is 1.57.